The van der Waals surface area contributed by atoms with Crippen molar-refractivity contribution in [2.45, 2.75) is 39.2 Å². The van der Waals surface area contributed by atoms with E-state index in [1.807, 2.05) is 49.4 Å². The Labute approximate surface area is 158 Å². The molecule has 0 saturated carbocycles. The second-order valence-corrected chi connectivity index (χ2v) is 7.08. The molecule has 3 aromatic rings. The van der Waals surface area contributed by atoms with Gasteiger partial charge >= 0.3 is 5.97 Å². The summed E-state index contributed by atoms with van der Waals surface area (Å²) in [6.45, 7) is 3.46. The van der Waals surface area contributed by atoms with Crippen LogP contribution in [0.15, 0.2) is 48.5 Å². The number of para-hydroxylation sites is 1. The Hall–Kier alpha value is -3.01. The van der Waals surface area contributed by atoms with E-state index in [2.05, 4.69) is 4.98 Å². The number of esters is 1. The standard InChI is InChI=1S/C23H21NO3/c1-14-12-20(19-8-3-4-9-21(19)24-14)23(26)27-15(2)22(25)18-11-10-16-6-5-7-17(16)13-18/h3-4,8-13,15H,5-7H2,1-2H3/t15-/m1/s1. The minimum Gasteiger partial charge on any atom is -0.451 e. The number of hydrogen-bond donors (Lipinski definition) is 0. The average Bonchev–Trinajstić information content (AvgIpc) is 3.14. The molecule has 0 aliphatic heterocycles. The largest absolute Gasteiger partial charge is 0.451 e. The molecule has 0 spiro atoms. The SMILES string of the molecule is Cc1cc(C(=O)O[C@H](C)C(=O)c2ccc3c(c2)CCC3)c2ccccc2n1. The molecule has 2 aromatic carbocycles. The number of carbonyl (C=O) groups is 2. The van der Waals surface area contributed by atoms with E-state index < -0.39 is 12.1 Å². The molecule has 0 unspecified atom stereocenters. The zero-order chi connectivity index (χ0) is 19.0. The van der Waals surface area contributed by atoms with Gasteiger partial charge < -0.3 is 4.74 Å². The molecule has 0 bridgehead atoms. The first-order valence-corrected chi connectivity index (χ1v) is 9.26. The van der Waals surface area contributed by atoms with Crippen molar-refractivity contribution in [3.05, 3.63) is 76.5 Å². The van der Waals surface area contributed by atoms with E-state index in [0.29, 0.717) is 11.1 Å². The molecule has 0 fully saturated rings. The number of aryl methyl sites for hydroxylation is 3. The van der Waals surface area contributed by atoms with Gasteiger partial charge in [0.05, 0.1) is 11.1 Å². The number of Topliss-reactive ketones (excluding diaryl/α,β-unsaturated/α-hetero) is 1. The Morgan fingerprint density at radius 1 is 1.04 bits per heavy atom. The number of benzene rings is 2. The third kappa shape index (κ3) is 3.35. The van der Waals surface area contributed by atoms with Gasteiger partial charge in [-0.15, -0.1) is 0 Å². The van der Waals surface area contributed by atoms with Gasteiger partial charge in [-0.1, -0.05) is 30.3 Å². The Balaban J connectivity index is 1.57. The molecule has 1 aliphatic rings. The van der Waals surface area contributed by atoms with Gasteiger partial charge in [-0.25, -0.2) is 4.79 Å². The lowest BCUT2D eigenvalue weighted by atomic mass is 10.0. The van der Waals surface area contributed by atoms with Crippen LogP contribution in [0.5, 0.6) is 0 Å². The van der Waals surface area contributed by atoms with E-state index in [1.165, 1.54) is 11.1 Å². The fourth-order valence-electron chi connectivity index (χ4n) is 3.71. The fourth-order valence-corrected chi connectivity index (χ4v) is 3.71. The third-order valence-electron chi connectivity index (χ3n) is 5.10. The van der Waals surface area contributed by atoms with Gasteiger partial charge in [-0.05, 0) is 62.4 Å². The maximum Gasteiger partial charge on any atom is 0.339 e. The topological polar surface area (TPSA) is 56.3 Å². The summed E-state index contributed by atoms with van der Waals surface area (Å²) in [5, 5.41) is 0.727. The van der Waals surface area contributed by atoms with Crippen LogP contribution in [0.25, 0.3) is 10.9 Å². The maximum atomic E-state index is 12.8. The van der Waals surface area contributed by atoms with E-state index in [0.717, 1.165) is 35.9 Å². The molecule has 1 aliphatic carbocycles. The smallest absolute Gasteiger partial charge is 0.339 e. The number of fused-ring (bicyclic) bond motifs is 2. The summed E-state index contributed by atoms with van der Waals surface area (Å²) < 4.78 is 5.52. The zero-order valence-corrected chi connectivity index (χ0v) is 15.5. The fraction of sp³-hybridized carbons (Fsp3) is 0.261. The highest BCUT2D eigenvalue weighted by Gasteiger charge is 2.23. The van der Waals surface area contributed by atoms with Crippen molar-refractivity contribution >= 4 is 22.7 Å². The van der Waals surface area contributed by atoms with Gasteiger partial charge in [-0.3, -0.25) is 9.78 Å². The first-order valence-electron chi connectivity index (χ1n) is 9.26. The first kappa shape index (κ1) is 17.4. The van der Waals surface area contributed by atoms with Crippen molar-refractivity contribution in [1.29, 1.82) is 0 Å². The Kier molecular flexibility index (Phi) is 4.48. The lowest BCUT2D eigenvalue weighted by Crippen LogP contribution is -2.24. The van der Waals surface area contributed by atoms with E-state index in [4.69, 9.17) is 4.74 Å². The average molecular weight is 359 g/mol. The summed E-state index contributed by atoms with van der Waals surface area (Å²) in [5.74, 6) is -0.674. The summed E-state index contributed by atoms with van der Waals surface area (Å²) in [5.41, 5.74) is 5.06. The lowest BCUT2D eigenvalue weighted by molar-refractivity contribution is 0.0320. The summed E-state index contributed by atoms with van der Waals surface area (Å²) in [6, 6.07) is 14.9. The number of ether oxygens (including phenoxy) is 1. The molecule has 0 radical (unpaired) electrons. The van der Waals surface area contributed by atoms with Crippen LogP contribution in [0.2, 0.25) is 0 Å². The predicted octanol–water partition coefficient (Wildman–Crippen LogP) is 4.46. The summed E-state index contributed by atoms with van der Waals surface area (Å²) in [4.78, 5) is 29.9. The van der Waals surface area contributed by atoms with Gasteiger partial charge in [0, 0.05) is 16.6 Å². The Morgan fingerprint density at radius 2 is 1.81 bits per heavy atom. The molecule has 136 valence electrons. The van der Waals surface area contributed by atoms with Crippen LogP contribution in [-0.4, -0.2) is 22.8 Å². The lowest BCUT2D eigenvalue weighted by Gasteiger charge is -2.14. The molecule has 4 rings (SSSR count). The van der Waals surface area contributed by atoms with Crippen molar-refractivity contribution < 1.29 is 14.3 Å². The molecular formula is C23H21NO3. The molecule has 1 atom stereocenters. The zero-order valence-electron chi connectivity index (χ0n) is 15.5. The number of nitrogens with zero attached hydrogens (tertiary/aromatic N) is 1. The van der Waals surface area contributed by atoms with Gasteiger partial charge in [0.25, 0.3) is 0 Å². The van der Waals surface area contributed by atoms with Crippen LogP contribution in [0, 0.1) is 6.92 Å². The van der Waals surface area contributed by atoms with Crippen LogP contribution < -0.4 is 0 Å². The number of hydrogen-bond acceptors (Lipinski definition) is 4. The van der Waals surface area contributed by atoms with Gasteiger partial charge in [0.15, 0.2) is 6.10 Å². The highest BCUT2D eigenvalue weighted by Crippen LogP contribution is 2.24. The van der Waals surface area contributed by atoms with Crippen molar-refractivity contribution in [1.82, 2.24) is 4.98 Å². The molecule has 1 heterocycles. The number of ketones is 1. The minimum atomic E-state index is -0.843. The van der Waals surface area contributed by atoms with Crippen LogP contribution in [0.3, 0.4) is 0 Å². The van der Waals surface area contributed by atoms with Crippen molar-refractivity contribution in [3.63, 3.8) is 0 Å². The molecule has 0 N–H and O–H groups in total. The van der Waals surface area contributed by atoms with Crippen LogP contribution in [0.1, 0.15) is 50.9 Å². The summed E-state index contributed by atoms with van der Waals surface area (Å²) in [7, 11) is 0. The first-order chi connectivity index (χ1) is 13.0. The minimum absolute atomic E-state index is 0.173. The molecule has 0 saturated heterocycles. The van der Waals surface area contributed by atoms with Gasteiger partial charge in [0.1, 0.15) is 0 Å². The van der Waals surface area contributed by atoms with Crippen molar-refractivity contribution in [2.75, 3.05) is 0 Å². The highest BCUT2D eigenvalue weighted by molar-refractivity contribution is 6.06. The van der Waals surface area contributed by atoms with Gasteiger partial charge in [0.2, 0.25) is 5.78 Å². The number of pyridine rings is 1. The van der Waals surface area contributed by atoms with E-state index in [-0.39, 0.29) is 5.78 Å². The summed E-state index contributed by atoms with van der Waals surface area (Å²) in [6.07, 6.45) is 2.37. The van der Waals surface area contributed by atoms with E-state index >= 15 is 0 Å². The molecule has 1 aromatic heterocycles. The molecular weight excluding hydrogens is 338 g/mol. The van der Waals surface area contributed by atoms with Crippen LogP contribution in [-0.2, 0) is 17.6 Å². The number of rotatable bonds is 4. The number of aromatic nitrogens is 1. The van der Waals surface area contributed by atoms with E-state index in [1.54, 1.807) is 13.0 Å². The predicted molar refractivity (Wildman–Crippen MR) is 104 cm³/mol. The quantitative estimate of drug-likeness (QED) is 0.510. The second kappa shape index (κ2) is 6.95. The normalized spacial score (nSPS) is 14.0. The van der Waals surface area contributed by atoms with Crippen LogP contribution in [0.4, 0.5) is 0 Å². The maximum absolute atomic E-state index is 12.8. The second-order valence-electron chi connectivity index (χ2n) is 7.08. The van der Waals surface area contributed by atoms with E-state index in [9.17, 15) is 9.59 Å². The number of carbonyl (C=O) groups excluding carboxylic acids is 2. The summed E-state index contributed by atoms with van der Waals surface area (Å²) >= 11 is 0. The Bertz CT molecular complexity index is 1050. The molecule has 4 nitrogen and oxygen atoms in total. The Morgan fingerprint density at radius 3 is 2.67 bits per heavy atom. The van der Waals surface area contributed by atoms with Crippen molar-refractivity contribution in [3.8, 4) is 0 Å². The molecule has 27 heavy (non-hydrogen) atoms. The van der Waals surface area contributed by atoms with Crippen LogP contribution >= 0.6 is 0 Å². The monoisotopic (exact) mass is 359 g/mol. The third-order valence-corrected chi connectivity index (χ3v) is 5.10. The highest BCUT2D eigenvalue weighted by atomic mass is 16.5. The van der Waals surface area contributed by atoms with Gasteiger partial charge in [-0.2, -0.15) is 0 Å². The molecule has 0 amide bonds. The van der Waals surface area contributed by atoms with Crippen molar-refractivity contribution in [2.24, 2.45) is 0 Å². The molecule has 4 heteroatoms.